The number of carbonyl (C=O) groups is 2. The molecule has 0 saturated carbocycles. The lowest BCUT2D eigenvalue weighted by atomic mass is 9.96. The largest absolute Gasteiger partial charge is 0.444 e. The van der Waals surface area contributed by atoms with Gasteiger partial charge in [0.2, 0.25) is 5.60 Å². The summed E-state index contributed by atoms with van der Waals surface area (Å²) in [5.41, 5.74) is -1.86. The number of ether oxygens (including phenoxy) is 3. The zero-order chi connectivity index (χ0) is 16.4. The van der Waals surface area contributed by atoms with Crippen LogP contribution in [0.4, 0.5) is 4.79 Å². The Labute approximate surface area is 130 Å². The lowest BCUT2D eigenvalue weighted by Gasteiger charge is -2.44. The predicted octanol–water partition coefficient (Wildman–Crippen LogP) is 1.61. The van der Waals surface area contributed by atoms with Crippen LogP contribution in [-0.4, -0.2) is 54.0 Å². The second kappa shape index (κ2) is 6.13. The molecule has 0 aliphatic carbocycles. The van der Waals surface area contributed by atoms with E-state index >= 15 is 0 Å². The highest BCUT2D eigenvalue weighted by Gasteiger charge is 2.50. The molecule has 2 heterocycles. The highest BCUT2D eigenvalue weighted by atomic mass is 16.6. The fourth-order valence-corrected chi connectivity index (χ4v) is 2.43. The van der Waals surface area contributed by atoms with E-state index in [9.17, 15) is 14.9 Å². The number of rotatable bonds is 3. The van der Waals surface area contributed by atoms with Crippen molar-refractivity contribution in [3.05, 3.63) is 0 Å². The Morgan fingerprint density at radius 2 is 2.09 bits per heavy atom. The first kappa shape index (κ1) is 16.6. The van der Waals surface area contributed by atoms with Gasteiger partial charge in [0, 0.05) is 6.61 Å². The fourth-order valence-electron chi connectivity index (χ4n) is 2.43. The van der Waals surface area contributed by atoms with Crippen molar-refractivity contribution in [1.29, 1.82) is 5.26 Å². The number of nitrogens with zero attached hydrogens (tertiary/aromatic N) is 2. The molecule has 0 spiro atoms. The van der Waals surface area contributed by atoms with E-state index in [0.29, 0.717) is 6.61 Å². The molecule has 1 amide bonds. The number of carbonyl (C=O) groups excluding carboxylic acids is 2. The van der Waals surface area contributed by atoms with E-state index < -0.39 is 23.3 Å². The Bertz CT molecular complexity index is 479. The van der Waals surface area contributed by atoms with E-state index in [1.54, 1.807) is 20.8 Å². The van der Waals surface area contributed by atoms with E-state index in [0.717, 1.165) is 12.8 Å². The Kier molecular flexibility index (Phi) is 4.61. The summed E-state index contributed by atoms with van der Waals surface area (Å²) in [6, 6.07) is 1.99. The summed E-state index contributed by atoms with van der Waals surface area (Å²) >= 11 is 0. The molecule has 7 nitrogen and oxygen atoms in total. The molecule has 0 aromatic heterocycles. The lowest BCUT2D eigenvalue weighted by molar-refractivity contribution is -0.169. The average Bonchev–Trinajstić information content (AvgIpc) is 2.83. The molecule has 0 radical (unpaired) electrons. The zero-order valence-corrected chi connectivity index (χ0v) is 13.3. The molecule has 7 heteroatoms. The Morgan fingerprint density at radius 1 is 1.41 bits per heavy atom. The number of amides is 1. The fraction of sp³-hybridized carbons (Fsp3) is 0.800. The summed E-state index contributed by atoms with van der Waals surface area (Å²) in [5.74, 6) is -0.461. The first-order chi connectivity index (χ1) is 10.2. The molecule has 2 fully saturated rings. The van der Waals surface area contributed by atoms with Crippen LogP contribution in [0.15, 0.2) is 0 Å². The highest BCUT2D eigenvalue weighted by molar-refractivity contribution is 5.73. The minimum Gasteiger partial charge on any atom is -0.444 e. The van der Waals surface area contributed by atoms with Gasteiger partial charge in [-0.2, -0.15) is 5.26 Å². The van der Waals surface area contributed by atoms with Crippen LogP contribution in [0.2, 0.25) is 0 Å². The molecule has 1 atom stereocenters. The minimum absolute atomic E-state index is 0.0374. The zero-order valence-electron chi connectivity index (χ0n) is 13.3. The van der Waals surface area contributed by atoms with Gasteiger partial charge in [0.25, 0.3) is 0 Å². The van der Waals surface area contributed by atoms with E-state index in [4.69, 9.17) is 14.2 Å². The van der Waals surface area contributed by atoms with Gasteiger partial charge in [-0.3, -0.25) is 9.69 Å². The van der Waals surface area contributed by atoms with Crippen LogP contribution in [0.25, 0.3) is 0 Å². The third-order valence-corrected chi connectivity index (χ3v) is 3.48. The van der Waals surface area contributed by atoms with Gasteiger partial charge >= 0.3 is 12.1 Å². The van der Waals surface area contributed by atoms with Crippen molar-refractivity contribution >= 4 is 12.1 Å². The maximum absolute atomic E-state index is 11.9. The van der Waals surface area contributed by atoms with Crippen molar-refractivity contribution in [2.75, 3.05) is 19.7 Å². The molecular formula is C15H22N2O5. The van der Waals surface area contributed by atoms with Gasteiger partial charge < -0.3 is 14.2 Å². The molecule has 122 valence electrons. The summed E-state index contributed by atoms with van der Waals surface area (Å²) in [6.07, 6.45) is 1.29. The quantitative estimate of drug-likeness (QED) is 0.736. The minimum atomic E-state index is -1.26. The maximum Gasteiger partial charge on any atom is 0.410 e. The van der Waals surface area contributed by atoms with Gasteiger partial charge in [-0.25, -0.2) is 4.79 Å². The molecule has 2 aliphatic heterocycles. The van der Waals surface area contributed by atoms with Gasteiger partial charge in [-0.1, -0.05) is 0 Å². The SMILES string of the molecule is CC(C)(C)OC(=O)N1CC(C#N)(OC(=O)CC2CCCO2)C1. The number of nitriles is 1. The van der Waals surface area contributed by atoms with Gasteiger partial charge in [0.15, 0.2) is 0 Å². The molecule has 1 unspecified atom stereocenters. The molecule has 2 saturated heterocycles. The third kappa shape index (κ3) is 4.10. The molecule has 2 aliphatic rings. The maximum atomic E-state index is 11.9. The topological polar surface area (TPSA) is 88.9 Å². The third-order valence-electron chi connectivity index (χ3n) is 3.48. The highest BCUT2D eigenvalue weighted by Crippen LogP contribution is 2.28. The summed E-state index contributed by atoms with van der Waals surface area (Å²) in [5, 5.41) is 9.24. The Hall–Kier alpha value is -1.81. The summed E-state index contributed by atoms with van der Waals surface area (Å²) < 4.78 is 15.8. The summed E-state index contributed by atoms with van der Waals surface area (Å²) in [4.78, 5) is 25.1. The van der Waals surface area contributed by atoms with Crippen LogP contribution in [0.3, 0.4) is 0 Å². The first-order valence-electron chi connectivity index (χ1n) is 7.46. The molecule has 0 aromatic carbocycles. The number of esters is 1. The lowest BCUT2D eigenvalue weighted by Crippen LogP contribution is -2.65. The van der Waals surface area contributed by atoms with Crippen LogP contribution in [-0.2, 0) is 19.0 Å². The first-order valence-corrected chi connectivity index (χ1v) is 7.46. The average molecular weight is 310 g/mol. The van der Waals surface area contributed by atoms with Gasteiger partial charge in [0.1, 0.15) is 11.7 Å². The molecule has 2 rings (SSSR count). The monoisotopic (exact) mass is 310 g/mol. The van der Waals surface area contributed by atoms with E-state index in [-0.39, 0.29) is 25.6 Å². The second-order valence-electron chi connectivity index (χ2n) is 6.76. The molecule has 0 aromatic rings. The number of hydrogen-bond donors (Lipinski definition) is 0. The molecule has 22 heavy (non-hydrogen) atoms. The Balaban J connectivity index is 1.82. The van der Waals surface area contributed by atoms with Gasteiger partial charge in [-0.05, 0) is 33.6 Å². The van der Waals surface area contributed by atoms with Crippen LogP contribution in [0.1, 0.15) is 40.0 Å². The van der Waals surface area contributed by atoms with Crippen LogP contribution in [0.5, 0.6) is 0 Å². The molecule has 0 N–H and O–H groups in total. The number of likely N-dealkylation sites (tertiary alicyclic amines) is 1. The van der Waals surface area contributed by atoms with Crippen molar-refractivity contribution in [3.63, 3.8) is 0 Å². The van der Waals surface area contributed by atoms with Crippen LogP contribution in [0, 0.1) is 11.3 Å². The van der Waals surface area contributed by atoms with Gasteiger partial charge in [0.05, 0.1) is 25.6 Å². The summed E-state index contributed by atoms with van der Waals surface area (Å²) in [7, 11) is 0. The standard InChI is InChI=1S/C15H22N2O5/c1-14(2,3)22-13(19)17-9-15(8-16,10-17)21-12(18)7-11-5-4-6-20-11/h11H,4-7,9-10H2,1-3H3. The van der Waals surface area contributed by atoms with E-state index in [1.807, 2.05) is 6.07 Å². The second-order valence-corrected chi connectivity index (χ2v) is 6.76. The predicted molar refractivity (Wildman–Crippen MR) is 75.8 cm³/mol. The van der Waals surface area contributed by atoms with Crippen molar-refractivity contribution in [2.45, 2.75) is 57.3 Å². The van der Waals surface area contributed by atoms with E-state index in [1.165, 1.54) is 4.90 Å². The van der Waals surface area contributed by atoms with E-state index in [2.05, 4.69) is 0 Å². The van der Waals surface area contributed by atoms with Crippen molar-refractivity contribution < 1.29 is 23.8 Å². The van der Waals surface area contributed by atoms with Crippen molar-refractivity contribution in [1.82, 2.24) is 4.90 Å². The van der Waals surface area contributed by atoms with Gasteiger partial charge in [-0.15, -0.1) is 0 Å². The van der Waals surface area contributed by atoms with Crippen LogP contribution < -0.4 is 0 Å². The number of hydrogen-bond acceptors (Lipinski definition) is 6. The van der Waals surface area contributed by atoms with Crippen molar-refractivity contribution in [3.8, 4) is 6.07 Å². The molecule has 0 bridgehead atoms. The van der Waals surface area contributed by atoms with Crippen LogP contribution >= 0.6 is 0 Å². The summed E-state index contributed by atoms with van der Waals surface area (Å²) in [6.45, 7) is 6.04. The Morgan fingerprint density at radius 3 is 2.59 bits per heavy atom. The van der Waals surface area contributed by atoms with Crippen molar-refractivity contribution in [2.24, 2.45) is 0 Å². The normalized spacial score (nSPS) is 23.4. The smallest absolute Gasteiger partial charge is 0.410 e. The molecular weight excluding hydrogens is 288 g/mol.